The number of amides is 1. The average molecular weight is 390 g/mol. The molecule has 1 unspecified atom stereocenters. The number of carbonyl (C=O) groups is 1. The van der Waals surface area contributed by atoms with Crippen molar-refractivity contribution in [1.82, 2.24) is 15.0 Å². The molecule has 6 heteroatoms. The molecular weight excluding hydrogens is 362 g/mol. The monoisotopic (exact) mass is 389 g/mol. The van der Waals surface area contributed by atoms with Crippen molar-refractivity contribution in [2.45, 2.75) is 46.1 Å². The first-order chi connectivity index (χ1) is 14.0. The third-order valence-corrected chi connectivity index (χ3v) is 5.46. The Morgan fingerprint density at radius 1 is 1.21 bits per heavy atom. The predicted molar refractivity (Wildman–Crippen MR) is 117 cm³/mol. The summed E-state index contributed by atoms with van der Waals surface area (Å²) in [5.74, 6) is 1.16. The first-order valence-electron chi connectivity index (χ1n) is 10.3. The number of nitrogens with zero attached hydrogens (tertiary/aromatic N) is 3. The number of unbranched alkanes of at least 4 members (excludes halogenated alkanes) is 1. The van der Waals surface area contributed by atoms with E-state index in [4.69, 9.17) is 10.7 Å². The quantitative estimate of drug-likeness (QED) is 0.628. The van der Waals surface area contributed by atoms with Crippen LogP contribution in [0, 0.1) is 5.92 Å². The summed E-state index contributed by atoms with van der Waals surface area (Å²) in [6.07, 6.45) is 3.64. The summed E-state index contributed by atoms with van der Waals surface area (Å²) < 4.78 is 2.30. The molecule has 0 bridgehead atoms. The van der Waals surface area contributed by atoms with Crippen molar-refractivity contribution in [1.29, 1.82) is 0 Å². The highest BCUT2D eigenvalue weighted by Crippen LogP contribution is 2.24. The van der Waals surface area contributed by atoms with Crippen molar-refractivity contribution in [2.75, 3.05) is 5.73 Å². The molecule has 1 aromatic heterocycles. The summed E-state index contributed by atoms with van der Waals surface area (Å²) in [4.78, 5) is 16.5. The summed E-state index contributed by atoms with van der Waals surface area (Å²) in [7, 11) is 0. The normalized spacial score (nSPS) is 16.7. The second-order valence-electron chi connectivity index (χ2n) is 7.80. The Hall–Kier alpha value is -3.15. The van der Waals surface area contributed by atoms with Crippen molar-refractivity contribution in [3.05, 3.63) is 59.4 Å². The van der Waals surface area contributed by atoms with Gasteiger partial charge in [0.05, 0.1) is 16.7 Å². The molecule has 6 nitrogen and oxygen atoms in total. The van der Waals surface area contributed by atoms with Crippen LogP contribution in [0.15, 0.2) is 47.6 Å². The van der Waals surface area contributed by atoms with Crippen molar-refractivity contribution < 1.29 is 4.79 Å². The summed E-state index contributed by atoms with van der Waals surface area (Å²) in [6, 6.07) is 14.3. The Balaban J connectivity index is 1.73. The first kappa shape index (κ1) is 19.2. The van der Waals surface area contributed by atoms with E-state index in [0.717, 1.165) is 59.6 Å². The number of anilines is 1. The van der Waals surface area contributed by atoms with Gasteiger partial charge in [-0.2, -0.15) is 5.10 Å². The van der Waals surface area contributed by atoms with Gasteiger partial charge in [-0.05, 0) is 36.2 Å². The number of nitrogen functional groups attached to an aromatic ring is 1. The number of imidazole rings is 1. The van der Waals surface area contributed by atoms with E-state index < -0.39 is 0 Å². The Morgan fingerprint density at radius 3 is 2.72 bits per heavy atom. The van der Waals surface area contributed by atoms with E-state index in [2.05, 4.69) is 52.3 Å². The minimum Gasteiger partial charge on any atom is -0.399 e. The van der Waals surface area contributed by atoms with E-state index in [1.807, 2.05) is 19.1 Å². The lowest BCUT2D eigenvalue weighted by Gasteiger charge is -2.19. The zero-order chi connectivity index (χ0) is 20.4. The average Bonchev–Trinajstić information content (AvgIpc) is 3.04. The van der Waals surface area contributed by atoms with Gasteiger partial charge in [-0.3, -0.25) is 4.79 Å². The van der Waals surface area contributed by atoms with Crippen LogP contribution in [-0.2, 0) is 17.8 Å². The molecule has 1 atom stereocenters. The van der Waals surface area contributed by atoms with Crippen molar-refractivity contribution in [2.24, 2.45) is 11.0 Å². The number of hydrogen-bond acceptors (Lipinski definition) is 4. The van der Waals surface area contributed by atoms with Crippen LogP contribution in [-0.4, -0.2) is 21.2 Å². The third-order valence-electron chi connectivity index (χ3n) is 5.46. The van der Waals surface area contributed by atoms with Crippen LogP contribution in [0.1, 0.15) is 50.1 Å². The van der Waals surface area contributed by atoms with Gasteiger partial charge in [0, 0.05) is 36.6 Å². The predicted octanol–water partition coefficient (Wildman–Crippen LogP) is 3.87. The van der Waals surface area contributed by atoms with Crippen LogP contribution in [0.5, 0.6) is 0 Å². The van der Waals surface area contributed by atoms with Crippen LogP contribution in [0.3, 0.4) is 0 Å². The number of carbonyl (C=O) groups excluding carboxylic acids is 1. The molecule has 1 amide bonds. The lowest BCUT2D eigenvalue weighted by molar-refractivity contribution is -0.121. The van der Waals surface area contributed by atoms with Gasteiger partial charge in [-0.25, -0.2) is 10.4 Å². The van der Waals surface area contributed by atoms with E-state index >= 15 is 0 Å². The zero-order valence-corrected chi connectivity index (χ0v) is 17.0. The van der Waals surface area contributed by atoms with E-state index in [1.54, 1.807) is 0 Å². The topological polar surface area (TPSA) is 85.3 Å². The second-order valence-corrected chi connectivity index (χ2v) is 7.80. The Morgan fingerprint density at radius 2 is 2.00 bits per heavy atom. The van der Waals surface area contributed by atoms with Crippen LogP contribution < -0.4 is 11.2 Å². The summed E-state index contributed by atoms with van der Waals surface area (Å²) in [5.41, 5.74) is 14.4. The molecule has 0 aliphatic carbocycles. The number of hydrazone groups is 1. The maximum Gasteiger partial charge on any atom is 0.240 e. The van der Waals surface area contributed by atoms with Gasteiger partial charge in [0.15, 0.2) is 0 Å². The SMILES string of the molecule is CCCCc1nc2cc(C3=NNC(=O)CC3C)ccc2n1Cc1ccc(N)cc1. The van der Waals surface area contributed by atoms with Crippen LogP contribution in [0.2, 0.25) is 0 Å². The molecular formula is C23H27N5O. The van der Waals surface area contributed by atoms with E-state index in [1.165, 1.54) is 5.56 Å². The molecule has 0 fully saturated rings. The smallest absolute Gasteiger partial charge is 0.240 e. The van der Waals surface area contributed by atoms with E-state index in [0.29, 0.717) is 6.42 Å². The van der Waals surface area contributed by atoms with Crippen LogP contribution >= 0.6 is 0 Å². The Kier molecular flexibility index (Phi) is 5.34. The lowest BCUT2D eigenvalue weighted by Crippen LogP contribution is -2.31. The Bertz CT molecular complexity index is 1060. The van der Waals surface area contributed by atoms with Crippen LogP contribution in [0.4, 0.5) is 5.69 Å². The molecule has 1 aliphatic heterocycles. The standard InChI is InChI=1S/C23H27N5O/c1-3-4-5-21-25-19-13-17(23-15(2)12-22(29)26-27-23)8-11-20(19)28(21)14-16-6-9-18(24)10-7-16/h6-11,13,15H,3-5,12,14,24H2,1-2H3,(H,26,29). The molecule has 150 valence electrons. The van der Waals surface area contributed by atoms with Crippen molar-refractivity contribution in [3.8, 4) is 0 Å². The summed E-state index contributed by atoms with van der Waals surface area (Å²) in [6.45, 7) is 5.00. The number of fused-ring (bicyclic) bond motifs is 1. The number of aromatic nitrogens is 2. The van der Waals surface area contributed by atoms with Crippen molar-refractivity contribution in [3.63, 3.8) is 0 Å². The molecule has 3 aromatic rings. The Labute approximate surface area is 170 Å². The number of rotatable bonds is 6. The fourth-order valence-electron chi connectivity index (χ4n) is 3.85. The fraction of sp³-hybridized carbons (Fsp3) is 0.348. The number of aryl methyl sites for hydroxylation is 1. The van der Waals surface area contributed by atoms with Gasteiger partial charge in [-0.15, -0.1) is 0 Å². The molecule has 4 rings (SSSR count). The molecule has 0 spiro atoms. The van der Waals surface area contributed by atoms with Gasteiger partial charge in [0.1, 0.15) is 5.82 Å². The summed E-state index contributed by atoms with van der Waals surface area (Å²) >= 11 is 0. The highest BCUT2D eigenvalue weighted by molar-refractivity contribution is 6.07. The van der Waals surface area contributed by atoms with Gasteiger partial charge >= 0.3 is 0 Å². The molecule has 3 N–H and O–H groups in total. The van der Waals surface area contributed by atoms with E-state index in [-0.39, 0.29) is 11.8 Å². The van der Waals surface area contributed by atoms with Gasteiger partial charge in [0.2, 0.25) is 5.91 Å². The number of nitrogens with two attached hydrogens (primary N) is 1. The first-order valence-corrected chi connectivity index (χ1v) is 10.3. The lowest BCUT2D eigenvalue weighted by atomic mass is 9.94. The maximum absolute atomic E-state index is 11.6. The second kappa shape index (κ2) is 8.07. The number of benzene rings is 2. The molecule has 0 saturated carbocycles. The summed E-state index contributed by atoms with van der Waals surface area (Å²) in [5, 5.41) is 4.29. The molecule has 2 heterocycles. The van der Waals surface area contributed by atoms with Gasteiger partial charge in [-0.1, -0.05) is 38.5 Å². The molecule has 0 saturated heterocycles. The molecule has 0 radical (unpaired) electrons. The maximum atomic E-state index is 11.6. The number of hydrogen-bond donors (Lipinski definition) is 2. The highest BCUT2D eigenvalue weighted by atomic mass is 16.2. The fourth-order valence-corrected chi connectivity index (χ4v) is 3.85. The molecule has 1 aliphatic rings. The minimum absolute atomic E-state index is 0.0306. The molecule has 29 heavy (non-hydrogen) atoms. The van der Waals surface area contributed by atoms with Gasteiger partial charge in [0.25, 0.3) is 0 Å². The minimum atomic E-state index is -0.0306. The zero-order valence-electron chi connectivity index (χ0n) is 17.0. The van der Waals surface area contributed by atoms with E-state index in [9.17, 15) is 4.79 Å². The van der Waals surface area contributed by atoms with Crippen LogP contribution in [0.25, 0.3) is 11.0 Å². The van der Waals surface area contributed by atoms with Crippen molar-refractivity contribution >= 4 is 28.3 Å². The van der Waals surface area contributed by atoms with Gasteiger partial charge < -0.3 is 10.3 Å². The number of nitrogens with one attached hydrogen (secondary N) is 1. The highest BCUT2D eigenvalue weighted by Gasteiger charge is 2.22. The largest absolute Gasteiger partial charge is 0.399 e. The molecule has 2 aromatic carbocycles. The third kappa shape index (κ3) is 4.01.